The molecule has 1 aromatic rings. The molecule has 1 aromatic carbocycles. The summed E-state index contributed by atoms with van der Waals surface area (Å²) in [6.07, 6.45) is -0.450. The van der Waals surface area contributed by atoms with Crippen LogP contribution in [-0.4, -0.2) is 53.5 Å². The van der Waals surface area contributed by atoms with Crippen LogP contribution in [0.4, 0.5) is 5.69 Å². The van der Waals surface area contributed by atoms with E-state index in [1.807, 2.05) is 0 Å². The molecular weight excluding hydrogens is 472 g/mol. The molecule has 0 aromatic heterocycles. The second-order valence-electron chi connectivity index (χ2n) is 10.2. The number of benzene rings is 1. The zero-order chi connectivity index (χ0) is 26.7. The van der Waals surface area contributed by atoms with Crippen molar-refractivity contribution in [3.8, 4) is 0 Å². The van der Waals surface area contributed by atoms with Crippen molar-refractivity contribution in [2.75, 3.05) is 0 Å². The molecule has 2 rings (SSSR count). The van der Waals surface area contributed by atoms with Crippen LogP contribution in [0.1, 0.15) is 40.2 Å². The molecule has 0 saturated carbocycles. The minimum absolute atomic E-state index is 0.0669. The molecule has 11 nitrogen and oxygen atoms in total. The van der Waals surface area contributed by atoms with E-state index in [-0.39, 0.29) is 23.2 Å². The van der Waals surface area contributed by atoms with Crippen LogP contribution in [0.2, 0.25) is 18.1 Å². The van der Waals surface area contributed by atoms with Crippen molar-refractivity contribution < 1.29 is 33.3 Å². The van der Waals surface area contributed by atoms with Gasteiger partial charge in [-0.1, -0.05) is 27.7 Å². The highest BCUT2D eigenvalue weighted by Gasteiger charge is 2.52. The number of hydrogen-bond donors (Lipinski definition) is 1. The van der Waals surface area contributed by atoms with E-state index in [2.05, 4.69) is 44.0 Å². The van der Waals surface area contributed by atoms with Crippen molar-refractivity contribution >= 4 is 37.4 Å². The fourth-order valence-corrected chi connectivity index (χ4v) is 5.00. The molecule has 1 amide bonds. The molecule has 1 saturated heterocycles. The Morgan fingerprint density at radius 1 is 1.23 bits per heavy atom. The van der Waals surface area contributed by atoms with Crippen molar-refractivity contribution in [1.29, 1.82) is 0 Å². The number of nitrogens with zero attached hydrogens (tertiary/aromatic N) is 3. The van der Waals surface area contributed by atoms with Gasteiger partial charge < -0.3 is 20.0 Å². The summed E-state index contributed by atoms with van der Waals surface area (Å²) in [5, 5.41) is 13.4. The van der Waals surface area contributed by atoms with E-state index in [4.69, 9.17) is 9.16 Å². The molecule has 0 unspecified atom stereocenters. The van der Waals surface area contributed by atoms with Crippen LogP contribution in [-0.2, 0) is 30.2 Å². The molecule has 1 aliphatic heterocycles. The largest absolute Gasteiger partial charge is 0.452 e. The highest BCUT2D eigenvalue weighted by molar-refractivity contribution is 6.74. The predicted octanol–water partition coefficient (Wildman–Crippen LogP) is 3.04. The number of ketones is 1. The summed E-state index contributed by atoms with van der Waals surface area (Å²) in [5.41, 5.74) is 8.87. The summed E-state index contributed by atoms with van der Waals surface area (Å²) in [7, 11) is -2.17. The summed E-state index contributed by atoms with van der Waals surface area (Å²) < 4.78 is 11.4. The Labute approximate surface area is 205 Å². The van der Waals surface area contributed by atoms with E-state index < -0.39 is 54.7 Å². The minimum atomic E-state index is -2.17. The second-order valence-corrected chi connectivity index (χ2v) is 15.0. The number of carbonyl (C=O) groups excluding carboxylic acids is 3. The van der Waals surface area contributed by atoms with Crippen LogP contribution in [0.25, 0.3) is 5.53 Å². The minimum Gasteiger partial charge on any atom is -0.452 e. The standard InChI is InChI=1S/C23H32N4O7Si/c1-13(18-17(21(29)25-18)14(2)34-35(6,7)23(3,4)5)20(28)19(26-24)22(30)33-12-15-8-10-16(11-9-15)27(31)32/h8-11,13-14,17-18H,12H2,1-7H3,(H,25,29)/t13-,14-,17+,18-/m1/s1. The Kier molecular flexibility index (Phi) is 8.48. The molecule has 0 radical (unpaired) electrons. The zero-order valence-corrected chi connectivity index (χ0v) is 22.0. The first kappa shape index (κ1) is 28.0. The molecule has 1 heterocycles. The first-order chi connectivity index (χ1) is 16.1. The topological polar surface area (TPSA) is 161 Å². The lowest BCUT2D eigenvalue weighted by atomic mass is 9.76. The summed E-state index contributed by atoms with van der Waals surface area (Å²) in [6.45, 7) is 13.5. The van der Waals surface area contributed by atoms with Crippen LogP contribution in [0, 0.1) is 22.0 Å². The van der Waals surface area contributed by atoms with Crippen LogP contribution in [0.3, 0.4) is 0 Å². The summed E-state index contributed by atoms with van der Waals surface area (Å²) >= 11 is 0. The average molecular weight is 505 g/mol. The number of rotatable bonds is 10. The Morgan fingerprint density at radius 3 is 2.26 bits per heavy atom. The SMILES string of the molecule is C[C@@H](O[Si](C)(C)C(C)(C)C)[C@@H]1C(=O)N[C@@H]1[C@@H](C)C(=O)C(=[N+]=[N-])C(=O)OCc1ccc([N+](=O)[O-])cc1. The molecule has 0 bridgehead atoms. The molecular formula is C23H32N4O7Si. The Hall–Kier alpha value is -3.21. The number of hydrogen-bond acceptors (Lipinski definition) is 7. The van der Waals surface area contributed by atoms with Gasteiger partial charge in [-0.3, -0.25) is 19.7 Å². The predicted molar refractivity (Wildman–Crippen MR) is 129 cm³/mol. The quantitative estimate of drug-likeness (QED) is 0.0589. The van der Waals surface area contributed by atoms with E-state index in [1.54, 1.807) is 6.92 Å². The molecule has 190 valence electrons. The number of non-ortho nitro benzene ring substituents is 1. The summed E-state index contributed by atoms with van der Waals surface area (Å²) in [5.74, 6) is -3.64. The number of nitrogens with one attached hydrogen (secondary N) is 1. The maximum Gasteiger partial charge on any atom is 0.441 e. The number of β-lactam (4-membered cyclic amide) rings is 1. The smallest absolute Gasteiger partial charge is 0.441 e. The average Bonchev–Trinajstić information content (AvgIpc) is 2.74. The molecule has 0 aliphatic carbocycles. The monoisotopic (exact) mass is 504 g/mol. The first-order valence-electron chi connectivity index (χ1n) is 11.3. The van der Waals surface area contributed by atoms with E-state index in [0.717, 1.165) is 0 Å². The number of esters is 1. The third kappa shape index (κ3) is 6.27. The Morgan fingerprint density at radius 2 is 1.80 bits per heavy atom. The second kappa shape index (κ2) is 10.6. The third-order valence-corrected chi connectivity index (χ3v) is 11.4. The Bertz CT molecular complexity index is 1060. The van der Waals surface area contributed by atoms with E-state index in [9.17, 15) is 30.0 Å². The van der Waals surface area contributed by atoms with Gasteiger partial charge in [0.05, 0.1) is 23.0 Å². The maximum atomic E-state index is 13.0. The highest BCUT2D eigenvalue weighted by Crippen LogP contribution is 2.39. The van der Waals surface area contributed by atoms with Gasteiger partial charge in [0.2, 0.25) is 5.91 Å². The number of nitro groups is 1. The van der Waals surface area contributed by atoms with Crippen LogP contribution in [0.15, 0.2) is 24.3 Å². The van der Waals surface area contributed by atoms with E-state index in [1.165, 1.54) is 31.2 Å². The van der Waals surface area contributed by atoms with Gasteiger partial charge in [0, 0.05) is 18.1 Å². The van der Waals surface area contributed by atoms with Crippen molar-refractivity contribution in [2.24, 2.45) is 11.8 Å². The van der Waals surface area contributed by atoms with E-state index in [0.29, 0.717) is 5.56 Å². The number of ether oxygens (including phenoxy) is 1. The fourth-order valence-electron chi connectivity index (χ4n) is 3.57. The van der Waals surface area contributed by atoms with Crippen LogP contribution >= 0.6 is 0 Å². The lowest BCUT2D eigenvalue weighted by Gasteiger charge is -2.46. The summed E-state index contributed by atoms with van der Waals surface area (Å²) in [4.78, 5) is 50.7. The number of amides is 1. The van der Waals surface area contributed by atoms with Gasteiger partial charge in [0.1, 0.15) is 6.61 Å². The van der Waals surface area contributed by atoms with E-state index >= 15 is 0 Å². The number of nitro benzene ring substituents is 1. The lowest BCUT2D eigenvalue weighted by molar-refractivity contribution is -0.384. The van der Waals surface area contributed by atoms with Crippen molar-refractivity contribution in [2.45, 2.75) is 71.5 Å². The molecule has 1 fully saturated rings. The van der Waals surface area contributed by atoms with Crippen LogP contribution in [0.5, 0.6) is 0 Å². The molecule has 1 aliphatic rings. The van der Waals surface area contributed by atoms with Gasteiger partial charge in [0.15, 0.2) is 8.32 Å². The normalized spacial score (nSPS) is 19.5. The van der Waals surface area contributed by atoms with Gasteiger partial charge in [-0.25, -0.2) is 4.79 Å². The van der Waals surface area contributed by atoms with Gasteiger partial charge >= 0.3 is 11.7 Å². The van der Waals surface area contributed by atoms with Crippen molar-refractivity contribution in [3.63, 3.8) is 0 Å². The molecule has 12 heteroatoms. The summed E-state index contributed by atoms with van der Waals surface area (Å²) in [6, 6.07) is 4.72. The maximum absolute atomic E-state index is 13.0. The Balaban J connectivity index is 2.05. The number of Topliss-reactive ketones (excluding diaryl/α,β-unsaturated/α-hetero) is 1. The number of carbonyl (C=O) groups is 3. The van der Waals surface area contributed by atoms with Gasteiger partial charge in [-0.15, -0.1) is 0 Å². The van der Waals surface area contributed by atoms with Crippen molar-refractivity contribution in [3.05, 3.63) is 45.5 Å². The first-order valence-corrected chi connectivity index (χ1v) is 14.2. The molecule has 0 spiro atoms. The molecule has 4 atom stereocenters. The lowest BCUT2D eigenvalue weighted by Crippen LogP contribution is -2.67. The molecule has 1 N–H and O–H groups in total. The zero-order valence-electron chi connectivity index (χ0n) is 21.0. The fraction of sp³-hybridized carbons (Fsp3) is 0.565. The molecule has 35 heavy (non-hydrogen) atoms. The van der Waals surface area contributed by atoms with Gasteiger partial charge in [0.25, 0.3) is 11.5 Å². The van der Waals surface area contributed by atoms with Gasteiger partial charge in [-0.2, -0.15) is 4.79 Å². The third-order valence-electron chi connectivity index (χ3n) is 6.79. The van der Waals surface area contributed by atoms with Crippen LogP contribution < -0.4 is 5.32 Å². The highest BCUT2D eigenvalue weighted by atomic mass is 28.4. The van der Waals surface area contributed by atoms with Crippen molar-refractivity contribution in [1.82, 2.24) is 5.32 Å². The van der Waals surface area contributed by atoms with Gasteiger partial charge in [-0.05, 0) is 42.8 Å².